The van der Waals surface area contributed by atoms with E-state index < -0.39 is 30.1 Å². The van der Waals surface area contributed by atoms with E-state index in [9.17, 15) is 19.2 Å². The highest BCUT2D eigenvalue weighted by atomic mass is 32.1. The molecule has 0 unspecified atom stereocenters. The van der Waals surface area contributed by atoms with E-state index >= 15 is 0 Å². The van der Waals surface area contributed by atoms with Crippen LogP contribution in [0.15, 0.2) is 17.5 Å². The molecule has 0 radical (unpaired) electrons. The number of urea groups is 1. The van der Waals surface area contributed by atoms with Crippen LogP contribution < -0.4 is 16.0 Å². The SMILES string of the molecule is CC(C)NC(=O)NC(=O)[C@H](C)OC(=O)[C@H](NC(=O)c1cccs1)C(C)C. The lowest BCUT2D eigenvalue weighted by atomic mass is 10.0. The Labute approximate surface area is 156 Å². The van der Waals surface area contributed by atoms with Crippen molar-refractivity contribution in [3.8, 4) is 0 Å². The van der Waals surface area contributed by atoms with Gasteiger partial charge in [-0.2, -0.15) is 0 Å². The van der Waals surface area contributed by atoms with Crippen LogP contribution in [0.3, 0.4) is 0 Å². The van der Waals surface area contributed by atoms with E-state index in [0.29, 0.717) is 4.88 Å². The Morgan fingerprint density at radius 2 is 1.69 bits per heavy atom. The van der Waals surface area contributed by atoms with Gasteiger partial charge in [0.25, 0.3) is 11.8 Å². The Kier molecular flexibility index (Phi) is 8.24. The van der Waals surface area contributed by atoms with Gasteiger partial charge in [-0.25, -0.2) is 9.59 Å². The molecule has 8 nitrogen and oxygen atoms in total. The van der Waals surface area contributed by atoms with Crippen molar-refractivity contribution in [3.63, 3.8) is 0 Å². The summed E-state index contributed by atoms with van der Waals surface area (Å²) in [7, 11) is 0. The fourth-order valence-corrected chi connectivity index (χ4v) is 2.56. The average molecular weight is 383 g/mol. The van der Waals surface area contributed by atoms with E-state index in [4.69, 9.17) is 4.74 Å². The summed E-state index contributed by atoms with van der Waals surface area (Å²) in [4.78, 5) is 48.4. The molecule has 1 aromatic heterocycles. The van der Waals surface area contributed by atoms with Crippen LogP contribution >= 0.6 is 11.3 Å². The fraction of sp³-hybridized carbons (Fsp3) is 0.529. The smallest absolute Gasteiger partial charge is 0.329 e. The van der Waals surface area contributed by atoms with E-state index in [1.54, 1.807) is 45.2 Å². The van der Waals surface area contributed by atoms with Gasteiger partial charge in [0.05, 0.1) is 4.88 Å². The Bertz CT molecular complexity index is 643. The predicted octanol–water partition coefficient (Wildman–Crippen LogP) is 1.67. The summed E-state index contributed by atoms with van der Waals surface area (Å²) >= 11 is 1.25. The van der Waals surface area contributed by atoms with Crippen molar-refractivity contribution < 1.29 is 23.9 Å². The maximum Gasteiger partial charge on any atom is 0.329 e. The van der Waals surface area contributed by atoms with E-state index in [-0.39, 0.29) is 17.9 Å². The summed E-state index contributed by atoms with van der Waals surface area (Å²) in [6.45, 7) is 8.35. The lowest BCUT2D eigenvalue weighted by molar-refractivity contribution is -0.157. The van der Waals surface area contributed by atoms with Crippen LogP contribution in [-0.2, 0) is 14.3 Å². The van der Waals surface area contributed by atoms with Gasteiger partial charge >= 0.3 is 12.0 Å². The Balaban J connectivity index is 2.64. The first-order valence-corrected chi connectivity index (χ1v) is 9.16. The zero-order chi connectivity index (χ0) is 19.9. The van der Waals surface area contributed by atoms with Crippen molar-refractivity contribution in [2.45, 2.75) is 52.8 Å². The van der Waals surface area contributed by atoms with Gasteiger partial charge in [-0.15, -0.1) is 11.3 Å². The van der Waals surface area contributed by atoms with Crippen molar-refractivity contribution in [1.29, 1.82) is 0 Å². The Hall–Kier alpha value is -2.42. The molecule has 0 aliphatic rings. The lowest BCUT2D eigenvalue weighted by Gasteiger charge is -2.22. The second-order valence-electron chi connectivity index (χ2n) is 6.37. The van der Waals surface area contributed by atoms with Crippen molar-refractivity contribution in [2.75, 3.05) is 0 Å². The monoisotopic (exact) mass is 383 g/mol. The highest BCUT2D eigenvalue weighted by molar-refractivity contribution is 7.12. The molecule has 0 spiro atoms. The van der Waals surface area contributed by atoms with Crippen molar-refractivity contribution in [3.05, 3.63) is 22.4 Å². The van der Waals surface area contributed by atoms with Gasteiger partial charge < -0.3 is 15.4 Å². The molecule has 3 N–H and O–H groups in total. The second kappa shape index (κ2) is 9.91. The molecular weight excluding hydrogens is 358 g/mol. The van der Waals surface area contributed by atoms with Crippen LogP contribution in [0.4, 0.5) is 4.79 Å². The Morgan fingerprint density at radius 1 is 1.04 bits per heavy atom. The number of carbonyl (C=O) groups excluding carboxylic acids is 4. The number of rotatable bonds is 7. The fourth-order valence-electron chi connectivity index (χ4n) is 1.93. The van der Waals surface area contributed by atoms with Crippen LogP contribution in [0.2, 0.25) is 0 Å². The normalized spacial score (nSPS) is 13.0. The Morgan fingerprint density at radius 3 is 2.19 bits per heavy atom. The standard InChI is InChI=1S/C17H25N3O5S/c1-9(2)13(19-15(22)12-7-6-8-26-12)16(23)25-11(5)14(21)20-17(24)18-10(3)4/h6-11,13H,1-5H3,(H,19,22)(H2,18,20,21,24)/t11-,13+/m0/s1. The predicted molar refractivity (Wildman–Crippen MR) is 97.8 cm³/mol. The van der Waals surface area contributed by atoms with Gasteiger partial charge in [0.2, 0.25) is 0 Å². The third-order valence-corrected chi connectivity index (χ3v) is 4.14. The first-order valence-electron chi connectivity index (χ1n) is 8.28. The summed E-state index contributed by atoms with van der Waals surface area (Å²) < 4.78 is 5.12. The largest absolute Gasteiger partial charge is 0.451 e. The average Bonchev–Trinajstić information content (AvgIpc) is 3.05. The number of imide groups is 1. The molecule has 0 saturated heterocycles. The molecular formula is C17H25N3O5S. The van der Waals surface area contributed by atoms with Gasteiger partial charge in [0, 0.05) is 6.04 Å². The molecule has 0 aromatic carbocycles. The molecule has 26 heavy (non-hydrogen) atoms. The summed E-state index contributed by atoms with van der Waals surface area (Å²) in [6.07, 6.45) is -1.18. The van der Waals surface area contributed by atoms with Gasteiger partial charge in [-0.05, 0) is 38.1 Å². The minimum absolute atomic E-state index is 0.140. The molecule has 0 saturated carbocycles. The van der Waals surface area contributed by atoms with Crippen molar-refractivity contribution >= 4 is 35.2 Å². The van der Waals surface area contributed by atoms with Gasteiger partial charge in [-0.3, -0.25) is 14.9 Å². The van der Waals surface area contributed by atoms with Crippen molar-refractivity contribution in [2.24, 2.45) is 5.92 Å². The molecule has 0 bridgehead atoms. The molecule has 144 valence electrons. The molecule has 1 aromatic rings. The van der Waals surface area contributed by atoms with Gasteiger partial charge in [0.15, 0.2) is 6.10 Å². The lowest BCUT2D eigenvalue weighted by Crippen LogP contribution is -2.49. The number of esters is 1. The van der Waals surface area contributed by atoms with Crippen LogP contribution in [0.5, 0.6) is 0 Å². The number of carbonyl (C=O) groups is 4. The number of ether oxygens (including phenoxy) is 1. The van der Waals surface area contributed by atoms with E-state index in [2.05, 4.69) is 16.0 Å². The number of thiophene rings is 1. The van der Waals surface area contributed by atoms with E-state index in [1.807, 2.05) is 0 Å². The molecule has 1 rings (SSSR count). The maximum absolute atomic E-state index is 12.4. The third kappa shape index (κ3) is 6.83. The molecule has 4 amide bonds. The summed E-state index contributed by atoms with van der Waals surface area (Å²) in [5.74, 6) is -2.12. The van der Waals surface area contributed by atoms with E-state index in [0.717, 1.165) is 0 Å². The second-order valence-corrected chi connectivity index (χ2v) is 7.32. The van der Waals surface area contributed by atoms with Gasteiger partial charge in [0.1, 0.15) is 6.04 Å². The minimum Gasteiger partial charge on any atom is -0.451 e. The molecule has 1 heterocycles. The maximum atomic E-state index is 12.4. The third-order valence-electron chi connectivity index (χ3n) is 3.27. The first kappa shape index (κ1) is 21.6. The number of amides is 4. The molecule has 2 atom stereocenters. The minimum atomic E-state index is -1.18. The zero-order valence-electron chi connectivity index (χ0n) is 15.5. The first-order chi connectivity index (χ1) is 12.1. The molecule has 0 aliphatic heterocycles. The highest BCUT2D eigenvalue weighted by Gasteiger charge is 2.29. The number of hydrogen-bond acceptors (Lipinski definition) is 6. The molecule has 9 heteroatoms. The van der Waals surface area contributed by atoms with Crippen LogP contribution in [0.25, 0.3) is 0 Å². The summed E-state index contributed by atoms with van der Waals surface area (Å²) in [6, 6.07) is 1.66. The number of hydrogen-bond donors (Lipinski definition) is 3. The summed E-state index contributed by atoms with van der Waals surface area (Å²) in [5, 5.41) is 8.97. The quantitative estimate of drug-likeness (QED) is 0.620. The molecule has 0 fully saturated rings. The van der Waals surface area contributed by atoms with E-state index in [1.165, 1.54) is 18.3 Å². The highest BCUT2D eigenvalue weighted by Crippen LogP contribution is 2.11. The summed E-state index contributed by atoms with van der Waals surface area (Å²) in [5.41, 5.74) is 0. The number of nitrogens with one attached hydrogen (secondary N) is 3. The van der Waals surface area contributed by atoms with Crippen molar-refractivity contribution in [1.82, 2.24) is 16.0 Å². The molecule has 0 aliphatic carbocycles. The topological polar surface area (TPSA) is 114 Å². The van der Waals surface area contributed by atoms with Crippen LogP contribution in [0.1, 0.15) is 44.3 Å². The van der Waals surface area contributed by atoms with Crippen LogP contribution in [0, 0.1) is 5.92 Å². The van der Waals surface area contributed by atoms with Crippen LogP contribution in [-0.4, -0.2) is 42.0 Å². The zero-order valence-corrected chi connectivity index (χ0v) is 16.3. The van der Waals surface area contributed by atoms with Gasteiger partial charge in [-0.1, -0.05) is 19.9 Å².